The van der Waals surface area contributed by atoms with Gasteiger partial charge in [-0.25, -0.2) is 9.97 Å². The smallest absolute Gasteiger partial charge is 0.320 e. The third kappa shape index (κ3) is 5.92. The maximum Gasteiger partial charge on any atom is 0.320 e. The van der Waals surface area contributed by atoms with Crippen LogP contribution in [0.5, 0.6) is 0 Å². The van der Waals surface area contributed by atoms with Crippen LogP contribution in [-0.4, -0.2) is 51.5 Å². The van der Waals surface area contributed by atoms with Crippen molar-refractivity contribution in [2.75, 3.05) is 36.0 Å². The summed E-state index contributed by atoms with van der Waals surface area (Å²) in [5, 5.41) is 14.2. The van der Waals surface area contributed by atoms with Crippen LogP contribution < -0.4 is 27.4 Å². The van der Waals surface area contributed by atoms with Crippen molar-refractivity contribution in [3.63, 3.8) is 0 Å². The van der Waals surface area contributed by atoms with Gasteiger partial charge in [0, 0.05) is 6.54 Å². The molecule has 0 bridgehead atoms. The fourth-order valence-corrected chi connectivity index (χ4v) is 2.32. The Kier molecular flexibility index (Phi) is 7.71. The first-order chi connectivity index (χ1) is 10.5. The van der Waals surface area contributed by atoms with Crippen molar-refractivity contribution in [1.82, 2.24) is 15.1 Å². The number of aliphatic carboxylic acids is 1. The summed E-state index contributed by atoms with van der Waals surface area (Å²) in [5.74, 6) is 4.94. The number of nitrogens with two attached hydrogens (primary N) is 2. The van der Waals surface area contributed by atoms with Gasteiger partial charge >= 0.3 is 5.97 Å². The maximum atomic E-state index is 10.6. The van der Waals surface area contributed by atoms with Crippen LogP contribution in [0.4, 0.5) is 17.3 Å². The van der Waals surface area contributed by atoms with E-state index in [0.717, 1.165) is 0 Å². The lowest BCUT2D eigenvalue weighted by Crippen LogP contribution is -2.30. The molecule has 0 spiro atoms. The molecule has 0 fully saturated rings. The van der Waals surface area contributed by atoms with Crippen LogP contribution in [0, 0.1) is 0 Å². The van der Waals surface area contributed by atoms with Gasteiger partial charge in [0.2, 0.25) is 0 Å². The number of nitrogen functional groups attached to an aromatic ring is 2. The minimum Gasteiger partial charge on any atom is -0.480 e. The second-order valence-corrected chi connectivity index (χ2v) is 5.50. The number of ether oxygens (including phenoxy) is 1. The molecule has 2 atom stereocenters. The van der Waals surface area contributed by atoms with E-state index < -0.39 is 20.3 Å². The molecule has 124 valence electrons. The summed E-state index contributed by atoms with van der Waals surface area (Å²) < 4.78 is 5.24. The molecule has 0 saturated heterocycles. The number of aromatic nitrogens is 2. The minimum absolute atomic E-state index is 0.0164. The molecule has 0 aliphatic carbocycles. The highest BCUT2D eigenvalue weighted by Gasteiger charge is 2.15. The lowest BCUT2D eigenvalue weighted by atomic mass is 10.4. The van der Waals surface area contributed by atoms with Gasteiger partial charge in [-0.3, -0.25) is 15.7 Å². The van der Waals surface area contributed by atoms with Crippen molar-refractivity contribution < 1.29 is 19.5 Å². The fraction of sp³-hybridized carbons (Fsp3) is 0.500. The number of carboxylic acid groups (broad SMARTS) is 1. The Bertz CT molecular complexity index is 492. The van der Waals surface area contributed by atoms with Gasteiger partial charge in [0.05, 0.1) is 6.61 Å². The van der Waals surface area contributed by atoms with E-state index in [0.29, 0.717) is 18.1 Å². The highest BCUT2D eigenvalue weighted by Crippen LogP contribution is 2.25. The zero-order valence-electron chi connectivity index (χ0n) is 12.0. The van der Waals surface area contributed by atoms with Crippen LogP contribution in [0.3, 0.4) is 0 Å². The number of nitrogens with one attached hydrogen (secondary N) is 3. The Balaban J connectivity index is 2.26. The van der Waals surface area contributed by atoms with E-state index in [2.05, 4.69) is 25.8 Å². The van der Waals surface area contributed by atoms with Crippen LogP contribution in [0.25, 0.3) is 0 Å². The molecular formula is C10H20N7O4P. The molecule has 0 saturated carbocycles. The first-order valence-electron chi connectivity index (χ1n) is 6.29. The first kappa shape index (κ1) is 18.3. The van der Waals surface area contributed by atoms with Crippen molar-refractivity contribution in [1.29, 1.82) is 0 Å². The summed E-state index contributed by atoms with van der Waals surface area (Å²) >= 11 is 0. The lowest BCUT2D eigenvalue weighted by molar-refractivity contribution is -0.138. The standard InChI is InChI=1S/C10H20N7O4P/c1-6(10(18)19)17-22(20)5-21-3-2-13-9-7(16-12)8(11)14-4-15-9/h4,6,16-17,20H,2-3,5,12H2,1H3,(H,18,19)(H3,11,13,14,15). The number of nitrogens with zero attached hydrogens (tertiary/aromatic N) is 2. The first-order valence-corrected chi connectivity index (χ1v) is 7.77. The van der Waals surface area contributed by atoms with E-state index in [1.54, 1.807) is 0 Å². The van der Waals surface area contributed by atoms with Gasteiger partial charge in [0.25, 0.3) is 0 Å². The second-order valence-electron chi connectivity index (χ2n) is 4.18. The van der Waals surface area contributed by atoms with Crippen LogP contribution in [0.15, 0.2) is 6.33 Å². The lowest BCUT2D eigenvalue weighted by Gasteiger charge is -2.16. The zero-order chi connectivity index (χ0) is 16.5. The molecule has 1 aromatic rings. The predicted octanol–water partition coefficient (Wildman–Crippen LogP) is -0.903. The molecule has 12 heteroatoms. The largest absolute Gasteiger partial charge is 0.480 e. The van der Waals surface area contributed by atoms with Gasteiger partial charge in [-0.15, -0.1) is 0 Å². The summed E-state index contributed by atoms with van der Waals surface area (Å²) in [5.41, 5.74) is 8.40. The summed E-state index contributed by atoms with van der Waals surface area (Å²) in [6.07, 6.45) is 1.31. The van der Waals surface area contributed by atoms with Crippen LogP contribution >= 0.6 is 8.30 Å². The summed E-state index contributed by atoms with van der Waals surface area (Å²) in [6, 6.07) is -0.833. The van der Waals surface area contributed by atoms with E-state index in [4.69, 9.17) is 21.4 Å². The average molecular weight is 333 g/mol. The van der Waals surface area contributed by atoms with Gasteiger partial charge in [0.1, 0.15) is 32.7 Å². The van der Waals surface area contributed by atoms with Gasteiger partial charge in [0.15, 0.2) is 11.6 Å². The molecule has 11 nitrogen and oxygen atoms in total. The molecule has 1 rings (SSSR count). The van der Waals surface area contributed by atoms with Crippen molar-refractivity contribution in [2.24, 2.45) is 5.84 Å². The molecule has 0 aliphatic rings. The van der Waals surface area contributed by atoms with Gasteiger partial charge in [-0.1, -0.05) is 0 Å². The monoisotopic (exact) mass is 333 g/mol. The van der Waals surface area contributed by atoms with E-state index >= 15 is 0 Å². The second kappa shape index (κ2) is 9.28. The van der Waals surface area contributed by atoms with E-state index in [9.17, 15) is 9.69 Å². The van der Waals surface area contributed by atoms with Crippen molar-refractivity contribution >= 4 is 31.6 Å². The Morgan fingerprint density at radius 2 is 2.27 bits per heavy atom. The van der Waals surface area contributed by atoms with E-state index in [1.165, 1.54) is 13.3 Å². The van der Waals surface area contributed by atoms with Crippen LogP contribution in [0.2, 0.25) is 0 Å². The number of carbonyl (C=O) groups is 1. The van der Waals surface area contributed by atoms with Crippen molar-refractivity contribution in [3.05, 3.63) is 6.33 Å². The highest BCUT2D eigenvalue weighted by molar-refractivity contribution is 7.49. The predicted molar refractivity (Wildman–Crippen MR) is 82.9 cm³/mol. The third-order valence-corrected chi connectivity index (χ3v) is 3.60. The molecule has 9 N–H and O–H groups in total. The number of hydrogen-bond acceptors (Lipinski definition) is 10. The Morgan fingerprint density at radius 3 is 2.91 bits per heavy atom. The summed E-state index contributed by atoms with van der Waals surface area (Å²) in [7, 11) is -1.70. The molecule has 0 amide bonds. The average Bonchev–Trinajstić information content (AvgIpc) is 2.46. The minimum atomic E-state index is -1.70. The zero-order valence-corrected chi connectivity index (χ0v) is 12.9. The quantitative estimate of drug-likeness (QED) is 0.122. The molecule has 2 unspecified atom stereocenters. The number of hydrogen-bond donors (Lipinski definition) is 7. The molecule has 1 heterocycles. The Morgan fingerprint density at radius 1 is 1.55 bits per heavy atom. The van der Waals surface area contributed by atoms with E-state index in [-0.39, 0.29) is 18.8 Å². The van der Waals surface area contributed by atoms with Crippen LogP contribution in [-0.2, 0) is 9.53 Å². The molecule has 22 heavy (non-hydrogen) atoms. The number of rotatable bonds is 10. The Hall–Kier alpha value is -1.78. The number of hydrazine groups is 1. The van der Waals surface area contributed by atoms with Crippen molar-refractivity contribution in [2.45, 2.75) is 13.0 Å². The SMILES string of the molecule is CC(NP(O)COCCNc1ncnc(N)c1NN)C(=O)O. The van der Waals surface area contributed by atoms with Gasteiger partial charge in [-0.2, -0.15) is 0 Å². The van der Waals surface area contributed by atoms with E-state index in [1.807, 2.05) is 0 Å². The number of anilines is 3. The molecule has 0 aromatic carbocycles. The Labute approximate surface area is 128 Å². The topological polar surface area (TPSA) is 181 Å². The third-order valence-electron chi connectivity index (χ3n) is 2.49. The molecular weight excluding hydrogens is 313 g/mol. The van der Waals surface area contributed by atoms with Gasteiger partial charge in [-0.05, 0) is 6.92 Å². The van der Waals surface area contributed by atoms with Crippen molar-refractivity contribution in [3.8, 4) is 0 Å². The number of carboxylic acids is 1. The highest BCUT2D eigenvalue weighted by atomic mass is 31.2. The molecule has 0 radical (unpaired) electrons. The molecule has 0 aliphatic heterocycles. The van der Waals surface area contributed by atoms with Crippen LogP contribution in [0.1, 0.15) is 6.92 Å². The van der Waals surface area contributed by atoms with Gasteiger partial charge < -0.3 is 31.2 Å². The fourth-order valence-electron chi connectivity index (χ4n) is 1.38. The normalized spacial score (nSPS) is 13.4. The summed E-state index contributed by atoms with van der Waals surface area (Å²) in [6.45, 7) is 2.11. The molecule has 1 aromatic heterocycles. The summed E-state index contributed by atoms with van der Waals surface area (Å²) in [4.78, 5) is 28.0. The maximum absolute atomic E-state index is 10.6.